The fourth-order valence-corrected chi connectivity index (χ4v) is 1.60. The van der Waals surface area contributed by atoms with Crippen LogP contribution in [0.5, 0.6) is 0 Å². The van der Waals surface area contributed by atoms with Crippen LogP contribution in [0.3, 0.4) is 0 Å². The molecule has 0 saturated heterocycles. The predicted octanol–water partition coefficient (Wildman–Crippen LogP) is 0.758. The number of hydrogen-bond donors (Lipinski definition) is 1. The second-order valence-corrected chi connectivity index (χ2v) is 3.88. The quantitative estimate of drug-likeness (QED) is 0.487. The van der Waals surface area contributed by atoms with Gasteiger partial charge in [-0.3, -0.25) is 5.73 Å². The highest BCUT2D eigenvalue weighted by Gasteiger charge is 2.30. The first kappa shape index (κ1) is 11.6. The summed E-state index contributed by atoms with van der Waals surface area (Å²) < 4.78 is 0. The van der Waals surface area contributed by atoms with E-state index in [0.717, 1.165) is 10.6 Å². The molecule has 1 atom stereocenters. The Morgan fingerprint density at radius 2 is 2.29 bits per heavy atom. The van der Waals surface area contributed by atoms with Crippen molar-refractivity contribution in [3.8, 4) is 0 Å². The lowest BCUT2D eigenvalue weighted by atomic mass is 10.3. The van der Waals surface area contributed by atoms with Crippen LogP contribution in [0.15, 0.2) is 30.7 Å². The van der Waals surface area contributed by atoms with E-state index in [1.165, 1.54) is 6.20 Å². The van der Waals surface area contributed by atoms with Gasteiger partial charge in [-0.15, -0.1) is 0 Å². The first-order chi connectivity index (χ1) is 8.08. The zero-order valence-corrected chi connectivity index (χ0v) is 9.49. The number of halogens is 1. The predicted molar refractivity (Wildman–Crippen MR) is 60.7 cm³/mol. The molecule has 0 spiro atoms. The van der Waals surface area contributed by atoms with Crippen LogP contribution in [0.2, 0.25) is 5.15 Å². The number of nitrogens with two attached hydrogens (primary N) is 1. The van der Waals surface area contributed by atoms with Gasteiger partial charge in [-0.2, -0.15) is 0 Å². The fraction of sp³-hybridized carbons (Fsp3) is 0.222. The van der Waals surface area contributed by atoms with E-state index in [9.17, 15) is 10.1 Å². The number of hydrogen-bond acceptors (Lipinski definition) is 5. The molecule has 7 nitrogen and oxygen atoms in total. The molecule has 1 aliphatic rings. The molecule has 1 aromatic rings. The van der Waals surface area contributed by atoms with Gasteiger partial charge in [0.1, 0.15) is 5.15 Å². The van der Waals surface area contributed by atoms with E-state index >= 15 is 0 Å². The average molecular weight is 256 g/mol. The van der Waals surface area contributed by atoms with E-state index in [-0.39, 0.29) is 0 Å². The minimum absolute atomic E-state index is 0.405. The van der Waals surface area contributed by atoms with Crippen molar-refractivity contribution in [1.29, 1.82) is 0 Å². The van der Waals surface area contributed by atoms with Crippen LogP contribution in [0.1, 0.15) is 5.56 Å². The smallest absolute Gasteiger partial charge is 0.217 e. The molecule has 17 heavy (non-hydrogen) atoms. The lowest BCUT2D eigenvalue weighted by molar-refractivity contribution is -0.650. The van der Waals surface area contributed by atoms with Gasteiger partial charge < -0.3 is 4.90 Å². The van der Waals surface area contributed by atoms with Crippen molar-refractivity contribution in [1.82, 2.24) is 14.9 Å². The van der Waals surface area contributed by atoms with Gasteiger partial charge in [-0.05, 0) is 11.6 Å². The molecule has 0 saturated carbocycles. The van der Waals surface area contributed by atoms with Crippen LogP contribution in [0.4, 0.5) is 0 Å². The third kappa shape index (κ3) is 2.45. The highest BCUT2D eigenvalue weighted by Crippen LogP contribution is 2.15. The molecular formula is C9H10ClN5O2. The van der Waals surface area contributed by atoms with E-state index in [4.69, 9.17) is 17.3 Å². The average Bonchev–Trinajstić information content (AvgIpc) is 2.64. The monoisotopic (exact) mass is 255 g/mol. The fourth-order valence-electron chi connectivity index (χ4n) is 1.49. The van der Waals surface area contributed by atoms with Crippen molar-refractivity contribution < 1.29 is 5.03 Å². The first-order valence-corrected chi connectivity index (χ1v) is 5.18. The van der Waals surface area contributed by atoms with Crippen molar-refractivity contribution in [3.63, 3.8) is 0 Å². The summed E-state index contributed by atoms with van der Waals surface area (Å²) in [4.78, 5) is 16.2. The molecule has 2 rings (SSSR count). The van der Waals surface area contributed by atoms with Gasteiger partial charge in [-0.1, -0.05) is 22.7 Å². The second-order valence-electron chi connectivity index (χ2n) is 3.49. The lowest BCUT2D eigenvalue weighted by Gasteiger charge is -2.22. The molecule has 0 bridgehead atoms. The Bertz CT molecular complexity index is 449. The molecular weight excluding hydrogens is 246 g/mol. The normalized spacial score (nSPS) is 18.8. The third-order valence-corrected chi connectivity index (χ3v) is 2.59. The molecule has 90 valence electrons. The molecule has 8 heteroatoms. The van der Waals surface area contributed by atoms with Crippen molar-refractivity contribution in [3.05, 3.63) is 51.6 Å². The summed E-state index contributed by atoms with van der Waals surface area (Å²) >= 11 is 5.66. The zero-order valence-electron chi connectivity index (χ0n) is 8.73. The standard InChI is InChI=1S/C9H10ClN5O2/c10-8-2-1-7(5-12-8)6-13-3-4-14(9(13)11)15(16)17/h1-5,9H,6,11H2. The van der Waals surface area contributed by atoms with Crippen LogP contribution in [0.25, 0.3) is 0 Å². The number of nitro groups is 1. The number of rotatable bonds is 3. The van der Waals surface area contributed by atoms with Gasteiger partial charge in [0.05, 0.1) is 6.20 Å². The Morgan fingerprint density at radius 3 is 2.82 bits per heavy atom. The van der Waals surface area contributed by atoms with Crippen LogP contribution in [-0.2, 0) is 6.54 Å². The number of nitrogens with zero attached hydrogens (tertiary/aromatic N) is 4. The molecule has 0 fully saturated rings. The van der Waals surface area contributed by atoms with Gasteiger partial charge in [0.25, 0.3) is 0 Å². The molecule has 2 heterocycles. The molecule has 1 aromatic heterocycles. The Morgan fingerprint density at radius 1 is 1.53 bits per heavy atom. The summed E-state index contributed by atoms with van der Waals surface area (Å²) in [6.45, 7) is 0.437. The molecule has 0 amide bonds. The van der Waals surface area contributed by atoms with Gasteiger partial charge in [0.2, 0.25) is 6.29 Å². The Labute approximate surface area is 102 Å². The van der Waals surface area contributed by atoms with Crippen LogP contribution in [0, 0.1) is 10.1 Å². The molecule has 2 N–H and O–H groups in total. The topological polar surface area (TPSA) is 88.5 Å². The minimum atomic E-state index is -0.805. The maximum atomic E-state index is 10.6. The van der Waals surface area contributed by atoms with Gasteiger partial charge in [0.15, 0.2) is 5.03 Å². The largest absolute Gasteiger partial charge is 0.335 e. The van der Waals surface area contributed by atoms with Crippen LogP contribution < -0.4 is 5.73 Å². The van der Waals surface area contributed by atoms with Gasteiger partial charge >= 0.3 is 0 Å². The van der Waals surface area contributed by atoms with Crippen molar-refractivity contribution in [2.45, 2.75) is 12.8 Å². The maximum Gasteiger partial charge on any atom is 0.217 e. The molecule has 0 aliphatic carbocycles. The summed E-state index contributed by atoms with van der Waals surface area (Å²) in [7, 11) is 0. The molecule has 1 unspecified atom stereocenters. The van der Waals surface area contributed by atoms with Crippen LogP contribution >= 0.6 is 11.6 Å². The van der Waals surface area contributed by atoms with Gasteiger partial charge in [0, 0.05) is 18.9 Å². The van der Waals surface area contributed by atoms with Crippen molar-refractivity contribution in [2.24, 2.45) is 5.73 Å². The zero-order chi connectivity index (χ0) is 12.4. The Hall–Kier alpha value is -1.86. The van der Waals surface area contributed by atoms with Crippen molar-refractivity contribution >= 4 is 11.6 Å². The molecule has 1 aliphatic heterocycles. The Balaban J connectivity index is 2.04. The summed E-state index contributed by atoms with van der Waals surface area (Å²) in [6, 6.07) is 3.46. The van der Waals surface area contributed by atoms with E-state index in [1.807, 2.05) is 0 Å². The summed E-state index contributed by atoms with van der Waals surface area (Å²) in [5.41, 5.74) is 6.58. The lowest BCUT2D eigenvalue weighted by Crippen LogP contribution is -2.47. The van der Waals surface area contributed by atoms with E-state index < -0.39 is 11.3 Å². The van der Waals surface area contributed by atoms with E-state index in [2.05, 4.69) is 4.98 Å². The molecule has 0 radical (unpaired) electrons. The summed E-state index contributed by atoms with van der Waals surface area (Å²) in [5.74, 6) is 0. The highest BCUT2D eigenvalue weighted by atomic mass is 35.5. The SMILES string of the molecule is NC1N(Cc2ccc(Cl)nc2)C=CN1[N+](=O)[O-]. The Kier molecular flexibility index (Phi) is 3.12. The van der Waals surface area contributed by atoms with E-state index in [0.29, 0.717) is 11.7 Å². The number of aromatic nitrogens is 1. The number of hydrazine groups is 1. The van der Waals surface area contributed by atoms with E-state index in [1.54, 1.807) is 29.4 Å². The minimum Gasteiger partial charge on any atom is -0.335 e. The van der Waals surface area contributed by atoms with Crippen molar-refractivity contribution in [2.75, 3.05) is 0 Å². The van der Waals surface area contributed by atoms with Crippen LogP contribution in [-0.4, -0.2) is 26.2 Å². The summed E-state index contributed by atoms with van der Waals surface area (Å²) in [6.07, 6.45) is 3.70. The first-order valence-electron chi connectivity index (χ1n) is 4.80. The highest BCUT2D eigenvalue weighted by molar-refractivity contribution is 6.29. The maximum absolute atomic E-state index is 10.6. The summed E-state index contributed by atoms with van der Waals surface area (Å²) in [5, 5.41) is 11.3. The third-order valence-electron chi connectivity index (χ3n) is 2.36. The molecule has 0 aromatic carbocycles. The van der Waals surface area contributed by atoms with Gasteiger partial charge in [-0.25, -0.2) is 15.1 Å². The number of pyridine rings is 1. The second kappa shape index (κ2) is 4.56.